The first-order valence-electron chi connectivity index (χ1n) is 5.82. The molecule has 1 aromatic rings. The lowest BCUT2D eigenvalue weighted by Gasteiger charge is -2.20. The van der Waals surface area contributed by atoms with E-state index in [0.29, 0.717) is 5.69 Å². The maximum atomic E-state index is 11.7. The van der Waals surface area contributed by atoms with Gasteiger partial charge in [0.25, 0.3) is 5.91 Å². The molecule has 0 aliphatic rings. The van der Waals surface area contributed by atoms with Gasteiger partial charge in [0, 0.05) is 16.9 Å². The normalized spacial score (nSPS) is 10.9. The van der Waals surface area contributed by atoms with Crippen LogP contribution in [-0.4, -0.2) is 24.0 Å². The van der Waals surface area contributed by atoms with Crippen molar-refractivity contribution in [2.24, 2.45) is 0 Å². The van der Waals surface area contributed by atoms with Gasteiger partial charge < -0.3 is 21.5 Å². The standard InChI is InChI=1S/C13H19N3O3/c1-13(2,3)16-11(17)7-19-12(18)9-5-4-8(14)6-10(9)15/h4-6H,7,14-15H2,1-3H3,(H,16,17). The summed E-state index contributed by atoms with van der Waals surface area (Å²) in [6, 6.07) is 4.47. The molecule has 0 aliphatic carbocycles. The highest BCUT2D eigenvalue weighted by Crippen LogP contribution is 2.16. The summed E-state index contributed by atoms with van der Waals surface area (Å²) in [6.45, 7) is 5.17. The Morgan fingerprint density at radius 2 is 1.89 bits per heavy atom. The average Bonchev–Trinajstić information content (AvgIpc) is 2.23. The van der Waals surface area contributed by atoms with Crippen molar-refractivity contribution in [3.05, 3.63) is 23.8 Å². The topological polar surface area (TPSA) is 107 Å². The molecule has 0 aliphatic heterocycles. The van der Waals surface area contributed by atoms with E-state index in [9.17, 15) is 9.59 Å². The molecule has 1 amide bonds. The molecule has 0 unspecified atom stereocenters. The minimum absolute atomic E-state index is 0.192. The number of nitrogens with one attached hydrogen (secondary N) is 1. The Morgan fingerprint density at radius 1 is 1.26 bits per heavy atom. The summed E-state index contributed by atoms with van der Waals surface area (Å²) in [5, 5.41) is 2.68. The zero-order valence-corrected chi connectivity index (χ0v) is 11.3. The van der Waals surface area contributed by atoms with Crippen LogP contribution in [0.15, 0.2) is 18.2 Å². The highest BCUT2D eigenvalue weighted by Gasteiger charge is 2.17. The third kappa shape index (κ3) is 4.87. The SMILES string of the molecule is CC(C)(C)NC(=O)COC(=O)c1ccc(N)cc1N. The van der Waals surface area contributed by atoms with Gasteiger partial charge >= 0.3 is 5.97 Å². The summed E-state index contributed by atoms with van der Waals surface area (Å²) in [4.78, 5) is 23.2. The van der Waals surface area contributed by atoms with Crippen LogP contribution in [0, 0.1) is 0 Å². The van der Waals surface area contributed by atoms with Crippen LogP contribution in [0.3, 0.4) is 0 Å². The molecule has 1 aromatic carbocycles. The highest BCUT2D eigenvalue weighted by atomic mass is 16.5. The summed E-state index contributed by atoms with van der Waals surface area (Å²) in [6.07, 6.45) is 0. The van der Waals surface area contributed by atoms with Crippen LogP contribution in [0.2, 0.25) is 0 Å². The number of esters is 1. The van der Waals surface area contributed by atoms with Crippen LogP contribution in [0.25, 0.3) is 0 Å². The fourth-order valence-corrected chi connectivity index (χ4v) is 1.43. The fourth-order valence-electron chi connectivity index (χ4n) is 1.43. The smallest absolute Gasteiger partial charge is 0.340 e. The Balaban J connectivity index is 2.59. The van der Waals surface area contributed by atoms with Crippen molar-refractivity contribution in [1.29, 1.82) is 0 Å². The van der Waals surface area contributed by atoms with Gasteiger partial charge in [-0.15, -0.1) is 0 Å². The van der Waals surface area contributed by atoms with Gasteiger partial charge in [0.2, 0.25) is 0 Å². The van der Waals surface area contributed by atoms with E-state index in [2.05, 4.69) is 5.32 Å². The highest BCUT2D eigenvalue weighted by molar-refractivity contribution is 5.96. The molecule has 0 aromatic heterocycles. The Labute approximate surface area is 112 Å². The Bertz CT molecular complexity index is 492. The van der Waals surface area contributed by atoms with E-state index in [0.717, 1.165) is 0 Å². The molecular weight excluding hydrogens is 246 g/mol. The fraction of sp³-hybridized carbons (Fsp3) is 0.385. The van der Waals surface area contributed by atoms with Crippen LogP contribution in [0.5, 0.6) is 0 Å². The summed E-state index contributed by atoms with van der Waals surface area (Å²) in [5.41, 5.74) is 11.7. The Kier molecular flexibility index (Phi) is 4.37. The second kappa shape index (κ2) is 5.60. The zero-order valence-electron chi connectivity index (χ0n) is 11.3. The second-order valence-electron chi connectivity index (χ2n) is 5.22. The number of anilines is 2. The van der Waals surface area contributed by atoms with Gasteiger partial charge in [0.1, 0.15) is 0 Å². The van der Waals surface area contributed by atoms with Gasteiger partial charge in [-0.3, -0.25) is 4.79 Å². The maximum Gasteiger partial charge on any atom is 0.340 e. The summed E-state index contributed by atoms with van der Waals surface area (Å²) in [7, 11) is 0. The van der Waals surface area contributed by atoms with Gasteiger partial charge in [0.05, 0.1) is 5.56 Å². The molecule has 6 nitrogen and oxygen atoms in total. The molecule has 0 heterocycles. The molecular formula is C13H19N3O3. The lowest BCUT2D eigenvalue weighted by Crippen LogP contribution is -2.42. The largest absolute Gasteiger partial charge is 0.452 e. The van der Waals surface area contributed by atoms with Crippen LogP contribution in [-0.2, 0) is 9.53 Å². The van der Waals surface area contributed by atoms with E-state index >= 15 is 0 Å². The number of ether oxygens (including phenoxy) is 1. The number of carbonyl (C=O) groups excluding carboxylic acids is 2. The van der Waals surface area contributed by atoms with Crippen molar-refractivity contribution in [3.63, 3.8) is 0 Å². The Hall–Kier alpha value is -2.24. The lowest BCUT2D eigenvalue weighted by atomic mass is 10.1. The first kappa shape index (κ1) is 14.8. The molecule has 0 bridgehead atoms. The van der Waals surface area contributed by atoms with E-state index in [-0.39, 0.29) is 29.3 Å². The van der Waals surface area contributed by atoms with Crippen molar-refractivity contribution in [2.45, 2.75) is 26.3 Å². The third-order valence-corrected chi connectivity index (χ3v) is 2.14. The van der Waals surface area contributed by atoms with E-state index in [1.165, 1.54) is 12.1 Å². The monoisotopic (exact) mass is 265 g/mol. The molecule has 0 atom stereocenters. The number of hydrogen-bond acceptors (Lipinski definition) is 5. The number of amides is 1. The molecule has 0 saturated carbocycles. The maximum absolute atomic E-state index is 11.7. The van der Waals surface area contributed by atoms with Crippen LogP contribution < -0.4 is 16.8 Å². The second-order valence-corrected chi connectivity index (χ2v) is 5.22. The summed E-state index contributed by atoms with van der Waals surface area (Å²) < 4.78 is 4.88. The predicted molar refractivity (Wildman–Crippen MR) is 73.4 cm³/mol. The van der Waals surface area contributed by atoms with Gasteiger partial charge in [-0.05, 0) is 39.0 Å². The van der Waals surface area contributed by atoms with Gasteiger partial charge in [-0.2, -0.15) is 0 Å². The first-order valence-corrected chi connectivity index (χ1v) is 5.82. The van der Waals surface area contributed by atoms with Crippen molar-refractivity contribution in [3.8, 4) is 0 Å². The minimum Gasteiger partial charge on any atom is -0.452 e. The molecule has 0 spiro atoms. The van der Waals surface area contributed by atoms with E-state index in [4.69, 9.17) is 16.2 Å². The summed E-state index contributed by atoms with van der Waals surface area (Å²) in [5.74, 6) is -1.02. The van der Waals surface area contributed by atoms with Crippen LogP contribution in [0.4, 0.5) is 11.4 Å². The molecule has 19 heavy (non-hydrogen) atoms. The Morgan fingerprint density at radius 3 is 2.42 bits per heavy atom. The number of carbonyl (C=O) groups is 2. The van der Waals surface area contributed by atoms with Crippen molar-refractivity contribution in [1.82, 2.24) is 5.32 Å². The van der Waals surface area contributed by atoms with Crippen molar-refractivity contribution >= 4 is 23.3 Å². The quantitative estimate of drug-likeness (QED) is 0.556. The van der Waals surface area contributed by atoms with Crippen LogP contribution in [0.1, 0.15) is 31.1 Å². The molecule has 1 rings (SSSR count). The average molecular weight is 265 g/mol. The minimum atomic E-state index is -0.651. The van der Waals surface area contributed by atoms with E-state index < -0.39 is 5.97 Å². The lowest BCUT2D eigenvalue weighted by molar-refractivity contribution is -0.125. The van der Waals surface area contributed by atoms with E-state index in [1.807, 2.05) is 20.8 Å². The number of rotatable bonds is 3. The number of nitrogen functional groups attached to an aromatic ring is 2. The molecule has 0 fully saturated rings. The van der Waals surface area contributed by atoms with Gasteiger partial charge in [0.15, 0.2) is 6.61 Å². The van der Waals surface area contributed by atoms with Gasteiger partial charge in [-0.1, -0.05) is 0 Å². The number of hydrogen-bond donors (Lipinski definition) is 3. The van der Waals surface area contributed by atoms with Gasteiger partial charge in [-0.25, -0.2) is 4.79 Å². The number of benzene rings is 1. The molecule has 104 valence electrons. The van der Waals surface area contributed by atoms with Crippen molar-refractivity contribution in [2.75, 3.05) is 18.1 Å². The molecule has 6 heteroatoms. The zero-order chi connectivity index (χ0) is 14.6. The predicted octanol–water partition coefficient (Wildman–Crippen LogP) is 0.923. The summed E-state index contributed by atoms with van der Waals surface area (Å²) >= 11 is 0. The van der Waals surface area contributed by atoms with E-state index in [1.54, 1.807) is 6.07 Å². The molecule has 5 N–H and O–H groups in total. The van der Waals surface area contributed by atoms with Crippen LogP contribution >= 0.6 is 0 Å². The third-order valence-electron chi connectivity index (χ3n) is 2.14. The molecule has 0 radical (unpaired) electrons. The molecule has 0 saturated heterocycles. The first-order chi connectivity index (χ1) is 8.69. The van der Waals surface area contributed by atoms with Crippen molar-refractivity contribution < 1.29 is 14.3 Å². The number of nitrogens with two attached hydrogens (primary N) is 2.